The van der Waals surface area contributed by atoms with Gasteiger partial charge < -0.3 is 10.2 Å². The average Bonchev–Trinajstić information content (AvgIpc) is 3.43. The van der Waals surface area contributed by atoms with Crippen molar-refractivity contribution in [2.24, 2.45) is 10.7 Å². The number of carbonyl (C=O) groups is 1. The van der Waals surface area contributed by atoms with Gasteiger partial charge in [-0.2, -0.15) is 0 Å². The van der Waals surface area contributed by atoms with Crippen LogP contribution in [0.3, 0.4) is 0 Å². The molecule has 0 saturated heterocycles. The van der Waals surface area contributed by atoms with Crippen molar-refractivity contribution in [3.8, 4) is 11.1 Å². The van der Waals surface area contributed by atoms with Crippen LogP contribution in [0, 0.1) is 6.92 Å². The summed E-state index contributed by atoms with van der Waals surface area (Å²) in [4.78, 5) is 24.9. The third-order valence-electron chi connectivity index (χ3n) is 6.02. The van der Waals surface area contributed by atoms with Gasteiger partial charge in [0.15, 0.2) is 5.96 Å². The summed E-state index contributed by atoms with van der Waals surface area (Å²) in [6, 6.07) is 11.7. The lowest BCUT2D eigenvalue weighted by molar-refractivity contribution is -0.130. The molecule has 1 aliphatic heterocycles. The fourth-order valence-corrected chi connectivity index (χ4v) is 5.51. The van der Waals surface area contributed by atoms with E-state index < -0.39 is 11.5 Å². The predicted octanol–water partition coefficient (Wildman–Crippen LogP) is 5.30. The topological polar surface area (TPSA) is 84.7 Å². The number of aryl methyl sites for hydroxylation is 1. The fraction of sp³-hybridized carbons (Fsp3) is 0.208. The van der Waals surface area contributed by atoms with Gasteiger partial charge >= 0.3 is 0 Å². The summed E-state index contributed by atoms with van der Waals surface area (Å²) in [5, 5.41) is 3.40. The number of halogens is 1. The lowest BCUT2D eigenvalue weighted by atomic mass is 9.77. The Kier molecular flexibility index (Phi) is 4.83. The highest BCUT2D eigenvalue weighted by atomic mass is 35.5. The fourth-order valence-electron chi connectivity index (χ4n) is 4.25. The minimum absolute atomic E-state index is 0.104. The molecule has 0 bridgehead atoms. The van der Waals surface area contributed by atoms with Crippen LogP contribution in [0.25, 0.3) is 22.1 Å². The molecule has 4 aromatic rings. The van der Waals surface area contributed by atoms with Crippen LogP contribution in [0.15, 0.2) is 63.6 Å². The van der Waals surface area contributed by atoms with Gasteiger partial charge in [-0.05, 0) is 66.2 Å². The van der Waals surface area contributed by atoms with E-state index >= 15 is 0 Å². The van der Waals surface area contributed by atoms with E-state index in [9.17, 15) is 4.79 Å². The number of likely N-dealkylation sites (N-methyl/N-ethyl adjacent to an activating group) is 1. The molecule has 1 unspecified atom stereocenters. The van der Waals surface area contributed by atoms with Gasteiger partial charge in [-0.25, -0.2) is 9.98 Å². The number of fused-ring (bicyclic) bond motifs is 1. The van der Waals surface area contributed by atoms with Crippen molar-refractivity contribution in [3.05, 3.63) is 75.4 Å². The SMILES string of the molecule is Cc1cnc(Cl)c(-c2csc([C@@]3(C)N=C(N)N(C)C(=O)C3c3ccc4occc4c3)c2)c1. The standard InChI is InChI=1S/C24H21ClN4O2S/c1-13-8-17(21(25)27-11-13)16-10-19(32-12-16)24(2)20(22(30)29(3)23(26)28-24)15-4-5-18-14(9-15)6-7-31-18/h4-12,20H,1-3H3,(H2,26,28)/t20?,24-/m1/s1. The van der Waals surface area contributed by atoms with Crippen LogP contribution in [0.5, 0.6) is 0 Å². The number of carbonyl (C=O) groups excluding carboxylic acids is 1. The smallest absolute Gasteiger partial charge is 0.239 e. The second-order valence-corrected chi connectivity index (χ2v) is 9.49. The van der Waals surface area contributed by atoms with Crippen molar-refractivity contribution < 1.29 is 9.21 Å². The number of guanidine groups is 1. The number of aliphatic imine (C=N–C) groups is 1. The van der Waals surface area contributed by atoms with Gasteiger partial charge in [-0.1, -0.05) is 17.7 Å². The molecular weight excluding hydrogens is 444 g/mol. The van der Waals surface area contributed by atoms with Gasteiger partial charge in [-0.15, -0.1) is 11.3 Å². The first-order valence-electron chi connectivity index (χ1n) is 10.1. The van der Waals surface area contributed by atoms with E-state index in [4.69, 9.17) is 26.7 Å². The number of hydrogen-bond donors (Lipinski definition) is 1. The molecule has 5 rings (SSSR count). The first-order valence-corrected chi connectivity index (χ1v) is 11.4. The molecule has 0 fully saturated rings. The Bertz CT molecular complexity index is 1390. The van der Waals surface area contributed by atoms with Gasteiger partial charge in [0.1, 0.15) is 16.3 Å². The number of pyridine rings is 1. The van der Waals surface area contributed by atoms with Crippen LogP contribution in [-0.2, 0) is 10.3 Å². The monoisotopic (exact) mass is 464 g/mol. The highest BCUT2D eigenvalue weighted by molar-refractivity contribution is 7.10. The molecule has 162 valence electrons. The molecule has 3 aromatic heterocycles. The zero-order valence-corrected chi connectivity index (χ0v) is 19.4. The number of aromatic nitrogens is 1. The summed E-state index contributed by atoms with van der Waals surface area (Å²) in [6.45, 7) is 3.94. The second-order valence-electron chi connectivity index (χ2n) is 8.22. The van der Waals surface area contributed by atoms with Gasteiger partial charge in [0.2, 0.25) is 5.91 Å². The van der Waals surface area contributed by atoms with Gasteiger partial charge in [0.25, 0.3) is 0 Å². The quantitative estimate of drug-likeness (QED) is 0.417. The highest BCUT2D eigenvalue weighted by Crippen LogP contribution is 2.47. The van der Waals surface area contributed by atoms with Crippen LogP contribution in [0.2, 0.25) is 5.15 Å². The third kappa shape index (κ3) is 3.20. The average molecular weight is 465 g/mol. The predicted molar refractivity (Wildman–Crippen MR) is 128 cm³/mol. The van der Waals surface area contributed by atoms with Crippen molar-refractivity contribution in [1.82, 2.24) is 9.88 Å². The molecule has 0 saturated carbocycles. The molecular formula is C24H21ClN4O2S. The van der Waals surface area contributed by atoms with Gasteiger partial charge in [0, 0.05) is 29.1 Å². The van der Waals surface area contributed by atoms with Crippen molar-refractivity contribution in [2.75, 3.05) is 7.05 Å². The first kappa shape index (κ1) is 20.7. The van der Waals surface area contributed by atoms with Crippen LogP contribution < -0.4 is 5.73 Å². The summed E-state index contributed by atoms with van der Waals surface area (Å²) in [5.41, 5.74) is 9.74. The third-order valence-corrected chi connectivity index (χ3v) is 7.48. The maximum absolute atomic E-state index is 13.5. The second kappa shape index (κ2) is 7.46. The number of rotatable bonds is 3. The molecule has 4 heterocycles. The molecule has 0 spiro atoms. The molecule has 0 aliphatic carbocycles. The van der Waals surface area contributed by atoms with E-state index in [0.29, 0.717) is 5.15 Å². The summed E-state index contributed by atoms with van der Waals surface area (Å²) in [6.07, 6.45) is 3.38. The Hall–Kier alpha value is -3.16. The van der Waals surface area contributed by atoms with Crippen LogP contribution in [-0.4, -0.2) is 28.8 Å². The minimum Gasteiger partial charge on any atom is -0.464 e. The molecule has 6 nitrogen and oxygen atoms in total. The van der Waals surface area contributed by atoms with Crippen molar-refractivity contribution in [2.45, 2.75) is 25.3 Å². The normalized spacial score (nSPS) is 21.2. The number of thiophene rings is 1. The number of furan rings is 1. The lowest BCUT2D eigenvalue weighted by Crippen LogP contribution is -2.52. The first-order chi connectivity index (χ1) is 15.3. The molecule has 1 aromatic carbocycles. The molecule has 2 N–H and O–H groups in total. The summed E-state index contributed by atoms with van der Waals surface area (Å²) in [5.74, 6) is -0.451. The zero-order valence-electron chi connectivity index (χ0n) is 17.8. The van der Waals surface area contributed by atoms with Crippen LogP contribution >= 0.6 is 22.9 Å². The maximum Gasteiger partial charge on any atom is 0.239 e. The minimum atomic E-state index is -0.877. The van der Waals surface area contributed by atoms with Gasteiger partial charge in [-0.3, -0.25) is 9.69 Å². The van der Waals surface area contributed by atoms with E-state index in [2.05, 4.69) is 4.98 Å². The Balaban J connectivity index is 1.66. The lowest BCUT2D eigenvalue weighted by Gasteiger charge is -2.40. The largest absolute Gasteiger partial charge is 0.464 e. The van der Waals surface area contributed by atoms with Crippen molar-refractivity contribution in [3.63, 3.8) is 0 Å². The molecule has 0 radical (unpaired) electrons. The molecule has 1 amide bonds. The van der Waals surface area contributed by atoms with Crippen molar-refractivity contribution >= 4 is 45.8 Å². The zero-order chi connectivity index (χ0) is 22.6. The molecule has 8 heteroatoms. The highest BCUT2D eigenvalue weighted by Gasteiger charge is 2.48. The van der Waals surface area contributed by atoms with E-state index in [1.165, 1.54) is 16.2 Å². The van der Waals surface area contributed by atoms with Crippen LogP contribution in [0.4, 0.5) is 0 Å². The number of hydrogen-bond acceptors (Lipinski definition) is 6. The number of nitrogens with zero attached hydrogens (tertiary/aromatic N) is 3. The number of nitrogens with two attached hydrogens (primary N) is 1. The van der Waals surface area contributed by atoms with E-state index in [1.807, 2.05) is 55.6 Å². The molecule has 2 atom stereocenters. The Labute approximate surface area is 194 Å². The Morgan fingerprint density at radius 1 is 1.25 bits per heavy atom. The summed E-state index contributed by atoms with van der Waals surface area (Å²) in [7, 11) is 1.65. The van der Waals surface area contributed by atoms with Crippen LogP contribution in [0.1, 0.15) is 28.8 Å². The van der Waals surface area contributed by atoms with Crippen molar-refractivity contribution in [1.29, 1.82) is 0 Å². The van der Waals surface area contributed by atoms with E-state index in [1.54, 1.807) is 19.5 Å². The summed E-state index contributed by atoms with van der Waals surface area (Å²) < 4.78 is 5.48. The molecule has 1 aliphatic rings. The van der Waals surface area contributed by atoms with E-state index in [0.717, 1.165) is 38.1 Å². The Morgan fingerprint density at radius 3 is 2.88 bits per heavy atom. The van der Waals surface area contributed by atoms with E-state index in [-0.39, 0.29) is 11.9 Å². The number of amides is 1. The summed E-state index contributed by atoms with van der Waals surface area (Å²) >= 11 is 7.91. The maximum atomic E-state index is 13.5. The van der Waals surface area contributed by atoms with Gasteiger partial charge in [0.05, 0.1) is 12.2 Å². The molecule has 32 heavy (non-hydrogen) atoms. The number of benzene rings is 1. The Morgan fingerprint density at radius 2 is 2.06 bits per heavy atom.